The van der Waals surface area contributed by atoms with Gasteiger partial charge in [0.15, 0.2) is 0 Å². The van der Waals surface area contributed by atoms with Crippen LogP contribution in [0, 0.1) is 11.3 Å². The lowest BCUT2D eigenvalue weighted by atomic mass is 9.75. The van der Waals surface area contributed by atoms with E-state index >= 15 is 0 Å². The van der Waals surface area contributed by atoms with Gasteiger partial charge in [-0.05, 0) is 50.7 Å². The number of nitrogens with zero attached hydrogens (tertiary/aromatic N) is 5. The number of hydrogen-bond donors (Lipinski definition) is 0. The van der Waals surface area contributed by atoms with Crippen LogP contribution in [0.3, 0.4) is 0 Å². The number of pyridine rings is 1. The summed E-state index contributed by atoms with van der Waals surface area (Å²) in [6, 6.07) is 4.49. The van der Waals surface area contributed by atoms with Gasteiger partial charge in [0.25, 0.3) is 0 Å². The van der Waals surface area contributed by atoms with Crippen LogP contribution < -0.4 is 0 Å². The molecule has 5 rings (SSSR count). The molecule has 6 nitrogen and oxygen atoms in total. The van der Waals surface area contributed by atoms with Gasteiger partial charge in [-0.2, -0.15) is 0 Å². The van der Waals surface area contributed by atoms with E-state index in [4.69, 9.17) is 4.98 Å². The van der Waals surface area contributed by atoms with Gasteiger partial charge >= 0.3 is 0 Å². The Hall–Kier alpha value is -2.21. The van der Waals surface area contributed by atoms with Crippen molar-refractivity contribution in [2.75, 3.05) is 26.2 Å². The first-order valence-electron chi connectivity index (χ1n) is 11.0. The number of imidazole rings is 1. The molecule has 2 atom stereocenters. The average Bonchev–Trinajstić information content (AvgIpc) is 3.13. The van der Waals surface area contributed by atoms with Crippen molar-refractivity contribution in [2.45, 2.75) is 51.6 Å². The lowest BCUT2D eigenvalue weighted by Crippen LogP contribution is -2.40. The Morgan fingerprint density at radius 2 is 2.17 bits per heavy atom. The first kappa shape index (κ1) is 18.8. The minimum Gasteiger partial charge on any atom is -0.342 e. The minimum atomic E-state index is -0.326. The monoisotopic (exact) mass is 393 g/mol. The second kappa shape index (κ2) is 7.24. The number of aromatic nitrogens is 3. The summed E-state index contributed by atoms with van der Waals surface area (Å²) in [5.41, 5.74) is 1.96. The molecule has 0 N–H and O–H groups in total. The molecule has 3 aliphatic rings. The van der Waals surface area contributed by atoms with Gasteiger partial charge in [-0.1, -0.05) is 6.07 Å². The maximum absolute atomic E-state index is 13.7. The van der Waals surface area contributed by atoms with E-state index in [9.17, 15) is 4.79 Å². The molecule has 1 saturated carbocycles. The average molecular weight is 394 g/mol. The normalized spacial score (nSPS) is 27.6. The highest BCUT2D eigenvalue weighted by Gasteiger charge is 2.58. The molecule has 1 amide bonds. The fraction of sp³-hybridized carbons (Fsp3) is 0.609. The fourth-order valence-electron chi connectivity index (χ4n) is 5.18. The summed E-state index contributed by atoms with van der Waals surface area (Å²) in [5, 5.41) is 0. The quantitative estimate of drug-likeness (QED) is 0.757. The lowest BCUT2D eigenvalue weighted by molar-refractivity contribution is -0.136. The summed E-state index contributed by atoms with van der Waals surface area (Å²) in [6.07, 6.45) is 11.4. The first-order chi connectivity index (χ1) is 14.0. The third kappa shape index (κ3) is 3.48. The van der Waals surface area contributed by atoms with Crippen molar-refractivity contribution in [3.63, 3.8) is 0 Å². The van der Waals surface area contributed by atoms with E-state index in [-0.39, 0.29) is 11.3 Å². The van der Waals surface area contributed by atoms with E-state index in [2.05, 4.69) is 45.5 Å². The maximum Gasteiger partial charge on any atom is 0.230 e. The van der Waals surface area contributed by atoms with Crippen LogP contribution in [-0.4, -0.2) is 56.4 Å². The highest BCUT2D eigenvalue weighted by molar-refractivity contribution is 5.87. The number of amides is 1. The highest BCUT2D eigenvalue weighted by atomic mass is 16.2. The lowest BCUT2D eigenvalue weighted by Gasteiger charge is -2.28. The Balaban J connectivity index is 1.43. The van der Waals surface area contributed by atoms with Crippen molar-refractivity contribution in [3.8, 4) is 0 Å². The maximum atomic E-state index is 13.7. The Kier molecular flexibility index (Phi) is 4.69. The Labute approximate surface area is 172 Å². The van der Waals surface area contributed by atoms with Gasteiger partial charge in [0, 0.05) is 63.3 Å². The molecule has 1 aliphatic carbocycles. The molecule has 0 bridgehead atoms. The molecule has 6 heteroatoms. The molecule has 2 aliphatic heterocycles. The van der Waals surface area contributed by atoms with Crippen LogP contribution in [0.5, 0.6) is 0 Å². The van der Waals surface area contributed by atoms with Crippen molar-refractivity contribution in [3.05, 3.63) is 48.3 Å². The van der Waals surface area contributed by atoms with Gasteiger partial charge < -0.3 is 9.47 Å². The van der Waals surface area contributed by atoms with Crippen molar-refractivity contribution < 1.29 is 4.79 Å². The highest BCUT2D eigenvalue weighted by Crippen LogP contribution is 2.50. The summed E-state index contributed by atoms with van der Waals surface area (Å²) in [7, 11) is 0. The number of rotatable bonds is 6. The van der Waals surface area contributed by atoms with Gasteiger partial charge in [-0.25, -0.2) is 4.98 Å². The molecule has 2 saturated heterocycles. The molecule has 0 radical (unpaired) electrons. The van der Waals surface area contributed by atoms with E-state index in [0.29, 0.717) is 11.9 Å². The number of likely N-dealkylation sites (tertiary alicyclic amines) is 2. The summed E-state index contributed by atoms with van der Waals surface area (Å²) >= 11 is 0. The summed E-state index contributed by atoms with van der Waals surface area (Å²) < 4.78 is 2.16. The molecule has 3 fully saturated rings. The standard InChI is InChI=1S/C23H31N5O/c1-17(2)28-14-21(25-16-28)20-13-26(11-19-4-3-8-24-10-19)15-23(20)7-9-27(22(23)29)12-18-5-6-18/h3-4,8,10,14,16-18,20H,5-7,9,11-13,15H2,1-2H3/t20-,23+/m1/s1. The molecule has 29 heavy (non-hydrogen) atoms. The Bertz CT molecular complexity index is 874. The molecule has 0 unspecified atom stereocenters. The Morgan fingerprint density at radius 3 is 2.86 bits per heavy atom. The second-order valence-corrected chi connectivity index (χ2v) is 9.52. The van der Waals surface area contributed by atoms with Crippen LogP contribution >= 0.6 is 0 Å². The first-order valence-corrected chi connectivity index (χ1v) is 11.0. The summed E-state index contributed by atoms with van der Waals surface area (Å²) in [4.78, 5) is 27.3. The van der Waals surface area contributed by atoms with Gasteiger partial charge in [0.2, 0.25) is 5.91 Å². The smallest absolute Gasteiger partial charge is 0.230 e. The van der Waals surface area contributed by atoms with E-state index in [1.54, 1.807) is 0 Å². The Morgan fingerprint density at radius 1 is 1.31 bits per heavy atom. The molecule has 154 valence electrons. The fourth-order valence-corrected chi connectivity index (χ4v) is 5.18. The van der Waals surface area contributed by atoms with Crippen LogP contribution in [0.25, 0.3) is 0 Å². The van der Waals surface area contributed by atoms with Crippen LogP contribution in [0.4, 0.5) is 0 Å². The third-order valence-electron chi connectivity index (χ3n) is 7.03. The third-order valence-corrected chi connectivity index (χ3v) is 7.03. The van der Waals surface area contributed by atoms with Crippen molar-refractivity contribution in [2.24, 2.45) is 11.3 Å². The topological polar surface area (TPSA) is 54.3 Å². The zero-order chi connectivity index (χ0) is 20.0. The molecule has 2 aromatic heterocycles. The molecule has 2 aromatic rings. The zero-order valence-corrected chi connectivity index (χ0v) is 17.5. The predicted molar refractivity (Wildman–Crippen MR) is 111 cm³/mol. The molecule has 4 heterocycles. The van der Waals surface area contributed by atoms with Crippen LogP contribution in [0.1, 0.15) is 56.3 Å². The zero-order valence-electron chi connectivity index (χ0n) is 17.5. The number of carbonyl (C=O) groups is 1. The molecular weight excluding hydrogens is 362 g/mol. The summed E-state index contributed by atoms with van der Waals surface area (Å²) in [5.74, 6) is 1.26. The minimum absolute atomic E-state index is 0.163. The van der Waals surface area contributed by atoms with E-state index in [0.717, 1.165) is 50.8 Å². The second-order valence-electron chi connectivity index (χ2n) is 9.52. The molecule has 1 spiro atoms. The van der Waals surface area contributed by atoms with Crippen molar-refractivity contribution >= 4 is 5.91 Å². The van der Waals surface area contributed by atoms with Gasteiger partial charge in [0.05, 0.1) is 17.4 Å². The van der Waals surface area contributed by atoms with Crippen LogP contribution in [-0.2, 0) is 11.3 Å². The molecular formula is C23H31N5O. The largest absolute Gasteiger partial charge is 0.342 e. The van der Waals surface area contributed by atoms with Gasteiger partial charge in [-0.3, -0.25) is 14.7 Å². The van der Waals surface area contributed by atoms with Crippen molar-refractivity contribution in [1.29, 1.82) is 0 Å². The van der Waals surface area contributed by atoms with Crippen LogP contribution in [0.15, 0.2) is 37.1 Å². The van der Waals surface area contributed by atoms with E-state index in [1.807, 2.05) is 24.8 Å². The van der Waals surface area contributed by atoms with Crippen molar-refractivity contribution in [1.82, 2.24) is 24.3 Å². The SMILES string of the molecule is CC(C)n1cnc([C@H]2CN(Cc3cccnc3)C[C@@]23CCN(CC2CC2)C3=O)c1. The van der Waals surface area contributed by atoms with Crippen LogP contribution in [0.2, 0.25) is 0 Å². The molecule has 0 aromatic carbocycles. The number of hydrogen-bond acceptors (Lipinski definition) is 4. The van der Waals surface area contributed by atoms with E-state index in [1.165, 1.54) is 18.4 Å². The van der Waals surface area contributed by atoms with E-state index < -0.39 is 0 Å². The summed E-state index contributed by atoms with van der Waals surface area (Å²) in [6.45, 7) is 8.74. The van der Waals surface area contributed by atoms with Gasteiger partial charge in [0.1, 0.15) is 0 Å². The van der Waals surface area contributed by atoms with Gasteiger partial charge in [-0.15, -0.1) is 0 Å². The predicted octanol–water partition coefficient (Wildman–Crippen LogP) is 3.09. The number of carbonyl (C=O) groups excluding carboxylic acids is 1.